The summed E-state index contributed by atoms with van der Waals surface area (Å²) < 4.78 is 8.80. The van der Waals surface area contributed by atoms with Crippen LogP contribution in [0.25, 0.3) is 27.6 Å². The summed E-state index contributed by atoms with van der Waals surface area (Å²) in [5, 5.41) is 2.24. The van der Waals surface area contributed by atoms with E-state index in [1.807, 2.05) is 36.8 Å². The van der Waals surface area contributed by atoms with Crippen molar-refractivity contribution in [3.05, 3.63) is 145 Å². The summed E-state index contributed by atoms with van der Waals surface area (Å²) >= 11 is 0. The summed E-state index contributed by atoms with van der Waals surface area (Å²) in [7, 11) is 0. The molecule has 4 heterocycles. The van der Waals surface area contributed by atoms with Gasteiger partial charge in [0.1, 0.15) is 5.82 Å². The van der Waals surface area contributed by atoms with E-state index < -0.39 is 0 Å². The van der Waals surface area contributed by atoms with Crippen LogP contribution in [0, 0.1) is 18.8 Å². The van der Waals surface area contributed by atoms with Crippen LogP contribution in [0.1, 0.15) is 105 Å². The fourth-order valence-electron chi connectivity index (χ4n) is 7.78. The molecule has 0 unspecified atom stereocenters. The van der Waals surface area contributed by atoms with E-state index in [2.05, 4.69) is 188 Å². The number of para-hydroxylation sites is 1. The van der Waals surface area contributed by atoms with Crippen LogP contribution >= 0.6 is 0 Å². The van der Waals surface area contributed by atoms with E-state index in [1.54, 1.807) is 0 Å². The second-order valence-corrected chi connectivity index (χ2v) is 19.5. The van der Waals surface area contributed by atoms with Crippen LogP contribution in [0.5, 0.6) is 11.5 Å². The Morgan fingerprint density at radius 1 is 0.586 bits per heavy atom. The minimum absolute atomic E-state index is 0. The van der Waals surface area contributed by atoms with E-state index in [-0.39, 0.29) is 42.7 Å². The zero-order valence-electron chi connectivity index (χ0n) is 35.9. The fourth-order valence-corrected chi connectivity index (χ4v) is 7.78. The van der Waals surface area contributed by atoms with Gasteiger partial charge in [-0.1, -0.05) is 119 Å². The van der Waals surface area contributed by atoms with Crippen LogP contribution in [0.15, 0.2) is 104 Å². The molecule has 0 bridgehead atoms. The molecule has 302 valence electrons. The number of anilines is 4. The molecule has 8 rings (SSSR count). The van der Waals surface area contributed by atoms with Crippen LogP contribution in [0.2, 0.25) is 0 Å². The molecule has 0 fully saturated rings. The first-order valence-corrected chi connectivity index (χ1v) is 20.0. The summed E-state index contributed by atoms with van der Waals surface area (Å²) in [6.45, 7) is 29.6. The average molecular weight is 948 g/mol. The van der Waals surface area contributed by atoms with E-state index in [9.17, 15) is 0 Å². The van der Waals surface area contributed by atoms with Crippen LogP contribution in [0.4, 0.5) is 22.7 Å². The zero-order valence-corrected chi connectivity index (χ0v) is 38.1. The van der Waals surface area contributed by atoms with E-state index in [0.717, 1.165) is 44.7 Å². The number of rotatable bonds is 5. The number of hydrogen-bond donors (Lipinski definition) is 0. The Hall–Kier alpha value is -4.93. The molecule has 0 spiro atoms. The van der Waals surface area contributed by atoms with Gasteiger partial charge in [0.05, 0.1) is 5.69 Å². The molecule has 0 radical (unpaired) electrons. The average Bonchev–Trinajstić information content (AvgIpc) is 3.69. The topological polar surface area (TPSA) is 46.4 Å². The van der Waals surface area contributed by atoms with Crippen LogP contribution in [-0.2, 0) is 42.7 Å². The molecule has 3 aromatic heterocycles. The number of fused-ring (bicyclic) bond motifs is 4. The summed E-state index contributed by atoms with van der Waals surface area (Å²) in [5.74, 6) is 2.05. The Kier molecular flexibility index (Phi) is 10.5. The van der Waals surface area contributed by atoms with Gasteiger partial charge in [-0.2, -0.15) is 12.1 Å². The van der Waals surface area contributed by atoms with Crippen molar-refractivity contribution in [3.63, 3.8) is 0 Å². The van der Waals surface area contributed by atoms with Crippen LogP contribution < -0.4 is 14.5 Å². The molecule has 4 aromatic carbocycles. The van der Waals surface area contributed by atoms with E-state index in [1.165, 1.54) is 27.9 Å². The van der Waals surface area contributed by atoms with Crippen molar-refractivity contribution >= 4 is 44.6 Å². The maximum atomic E-state index is 6.61. The predicted octanol–water partition coefficient (Wildman–Crippen LogP) is 13.6. The van der Waals surface area contributed by atoms with Crippen molar-refractivity contribution in [2.75, 3.05) is 9.80 Å². The standard InChI is InChI=1S/C51H54N5O.Pt/c1-48(2,3)33-22-25-53-46(28-33)56-42-19-14-13-18-38(42)39-21-20-37(30-44(39)56)57-36-17-15-16-35(29-36)54-32-55(43-23-24-52-31-45(43)54)47-40(50(7,8)9)26-34(49(4,5)6)27-41(47)51(10,11)12;/h13-28,31-32H,1-12H3;/q-3;. The van der Waals surface area contributed by atoms with Crippen molar-refractivity contribution in [3.8, 4) is 17.3 Å². The second kappa shape index (κ2) is 14.7. The number of ether oxygens (including phenoxy) is 1. The summed E-state index contributed by atoms with van der Waals surface area (Å²) in [5.41, 5.74) is 11.0. The molecule has 1 aliphatic rings. The van der Waals surface area contributed by atoms with Gasteiger partial charge < -0.3 is 19.1 Å². The quantitative estimate of drug-likeness (QED) is 0.161. The Bertz CT molecular complexity index is 2610. The maximum Gasteiger partial charge on any atom is 0.135 e. The molecular weight excluding hydrogens is 894 g/mol. The Morgan fingerprint density at radius 3 is 1.93 bits per heavy atom. The first-order chi connectivity index (χ1) is 26.8. The van der Waals surface area contributed by atoms with E-state index in [4.69, 9.17) is 9.72 Å². The third-order valence-electron chi connectivity index (χ3n) is 11.0. The Morgan fingerprint density at radius 2 is 1.26 bits per heavy atom. The molecule has 58 heavy (non-hydrogen) atoms. The Labute approximate surface area is 359 Å². The van der Waals surface area contributed by atoms with Crippen LogP contribution in [-0.4, -0.2) is 14.5 Å². The molecule has 0 N–H and O–H groups in total. The van der Waals surface area contributed by atoms with Gasteiger partial charge >= 0.3 is 0 Å². The van der Waals surface area contributed by atoms with Gasteiger partial charge in [-0.15, -0.1) is 48.1 Å². The van der Waals surface area contributed by atoms with Crippen molar-refractivity contribution < 1.29 is 25.8 Å². The molecule has 0 saturated carbocycles. The largest absolute Gasteiger partial charge is 0.509 e. The van der Waals surface area contributed by atoms with Gasteiger partial charge in [0.15, 0.2) is 0 Å². The van der Waals surface area contributed by atoms with Gasteiger partial charge in [-0.3, -0.25) is 4.98 Å². The molecule has 0 atom stereocenters. The van der Waals surface area contributed by atoms with Crippen LogP contribution in [0.3, 0.4) is 0 Å². The molecule has 1 aliphatic heterocycles. The molecule has 0 saturated heterocycles. The summed E-state index contributed by atoms with van der Waals surface area (Å²) in [6.07, 6.45) is 5.72. The van der Waals surface area contributed by atoms with Crippen molar-refractivity contribution in [2.45, 2.75) is 105 Å². The molecule has 6 nitrogen and oxygen atoms in total. The molecule has 0 amide bonds. The first-order valence-electron chi connectivity index (χ1n) is 20.0. The minimum atomic E-state index is -0.111. The van der Waals surface area contributed by atoms with Gasteiger partial charge in [0, 0.05) is 68.0 Å². The summed E-state index contributed by atoms with van der Waals surface area (Å²) in [6, 6.07) is 37.0. The molecule has 7 aromatic rings. The first kappa shape index (κ1) is 41.2. The Balaban J connectivity index is 0.00000512. The third-order valence-corrected chi connectivity index (χ3v) is 11.0. The van der Waals surface area contributed by atoms with E-state index >= 15 is 0 Å². The number of aromatic nitrogens is 3. The third kappa shape index (κ3) is 7.57. The monoisotopic (exact) mass is 947 g/mol. The second-order valence-electron chi connectivity index (χ2n) is 19.5. The number of benzene rings is 4. The summed E-state index contributed by atoms with van der Waals surface area (Å²) in [4.78, 5) is 14.0. The van der Waals surface area contributed by atoms with Crippen molar-refractivity contribution in [1.29, 1.82) is 0 Å². The van der Waals surface area contributed by atoms with Crippen molar-refractivity contribution in [2.24, 2.45) is 0 Å². The molecule has 0 aliphatic carbocycles. The minimum Gasteiger partial charge on any atom is -0.509 e. The number of nitrogens with zero attached hydrogens (tertiary/aromatic N) is 5. The molecule has 7 heteroatoms. The van der Waals surface area contributed by atoms with Crippen molar-refractivity contribution in [1.82, 2.24) is 14.5 Å². The molecular formula is C51H54N5OPt-3. The smallest absolute Gasteiger partial charge is 0.135 e. The SMILES string of the molecule is CC(C)(C)c1ccnc(-n2c3[c-]c(Oc4[c-]c(N5[CH-]N(c6c(C(C)(C)C)cc(C(C)(C)C)cc6C(C)(C)C)c6ccncc65)ccc4)ccc3c3ccccc32)c1.[Pt]. The van der Waals surface area contributed by atoms with Gasteiger partial charge in [-0.05, 0) is 73.6 Å². The van der Waals surface area contributed by atoms with E-state index in [0.29, 0.717) is 11.5 Å². The predicted molar refractivity (Wildman–Crippen MR) is 237 cm³/mol. The zero-order chi connectivity index (χ0) is 40.7. The number of pyridine rings is 2. The normalized spacial score (nSPS) is 13.6. The maximum absolute atomic E-state index is 6.61. The van der Waals surface area contributed by atoms with Gasteiger partial charge in [0.25, 0.3) is 0 Å². The fraction of sp³-hybridized carbons (Fsp3) is 0.314. The van der Waals surface area contributed by atoms with Gasteiger partial charge in [-0.25, -0.2) is 4.98 Å². The van der Waals surface area contributed by atoms with Gasteiger partial charge in [0.2, 0.25) is 0 Å². The number of hydrogen-bond acceptors (Lipinski definition) is 5.